The summed E-state index contributed by atoms with van der Waals surface area (Å²) in [5.41, 5.74) is 13.0. The molecule has 49 heavy (non-hydrogen) atoms. The van der Waals surface area contributed by atoms with Crippen LogP contribution in [0.15, 0.2) is 146 Å². The van der Waals surface area contributed by atoms with Gasteiger partial charge in [-0.05, 0) is 42.0 Å². The van der Waals surface area contributed by atoms with Crippen molar-refractivity contribution in [1.82, 2.24) is 19.5 Å². The van der Waals surface area contributed by atoms with E-state index in [0.717, 1.165) is 50.1 Å². The third kappa shape index (κ3) is 4.25. The van der Waals surface area contributed by atoms with Crippen molar-refractivity contribution in [3.63, 3.8) is 0 Å². The Hall–Kier alpha value is -5.91. The Kier molecular flexibility index (Phi) is 6.05. The van der Waals surface area contributed by atoms with E-state index in [9.17, 15) is 0 Å². The first kappa shape index (κ1) is 28.1. The Balaban J connectivity index is 1.16. The maximum Gasteiger partial charge on any atom is 0.160 e. The van der Waals surface area contributed by atoms with E-state index in [1.165, 1.54) is 43.2 Å². The number of thiazole rings is 1. The lowest BCUT2D eigenvalue weighted by atomic mass is 9.81. The minimum atomic E-state index is -0.265. The highest BCUT2D eigenvalue weighted by atomic mass is 32.1. The summed E-state index contributed by atoms with van der Waals surface area (Å²) in [7, 11) is 0. The first-order valence-electron chi connectivity index (χ1n) is 16.6. The van der Waals surface area contributed by atoms with Crippen molar-refractivity contribution in [2.24, 2.45) is 0 Å². The van der Waals surface area contributed by atoms with Gasteiger partial charge >= 0.3 is 0 Å². The lowest BCUT2D eigenvalue weighted by Crippen LogP contribution is -2.17. The summed E-state index contributed by atoms with van der Waals surface area (Å²) in [6, 6.07) is 51.7. The monoisotopic (exact) mass is 646 g/mol. The van der Waals surface area contributed by atoms with Crippen LogP contribution in [0.2, 0.25) is 0 Å². The van der Waals surface area contributed by atoms with Crippen LogP contribution in [0.5, 0.6) is 0 Å². The van der Waals surface area contributed by atoms with Gasteiger partial charge < -0.3 is 4.57 Å². The molecule has 0 fully saturated rings. The van der Waals surface area contributed by atoms with E-state index in [0.29, 0.717) is 0 Å². The van der Waals surface area contributed by atoms with Crippen LogP contribution in [-0.2, 0) is 5.41 Å². The largest absolute Gasteiger partial charge is 0.309 e. The molecule has 0 atom stereocenters. The molecule has 232 valence electrons. The van der Waals surface area contributed by atoms with E-state index in [4.69, 9.17) is 15.0 Å². The Labute approximate surface area is 288 Å². The second-order valence-corrected chi connectivity index (χ2v) is 14.3. The zero-order chi connectivity index (χ0) is 32.7. The van der Waals surface area contributed by atoms with Gasteiger partial charge in [0, 0.05) is 49.7 Å². The average molecular weight is 647 g/mol. The molecule has 0 aliphatic heterocycles. The highest BCUT2D eigenvalue weighted by Gasteiger charge is 2.40. The Morgan fingerprint density at radius 3 is 1.98 bits per heavy atom. The molecule has 0 bridgehead atoms. The molecule has 3 aromatic heterocycles. The molecule has 0 saturated heterocycles. The second-order valence-electron chi connectivity index (χ2n) is 13.3. The highest BCUT2D eigenvalue weighted by molar-refractivity contribution is 7.21. The third-order valence-electron chi connectivity index (χ3n) is 10.0. The molecule has 1 aliphatic carbocycles. The summed E-state index contributed by atoms with van der Waals surface area (Å²) in [5.74, 6) is 0.722. The number of aromatic nitrogens is 4. The van der Waals surface area contributed by atoms with Gasteiger partial charge in [-0.1, -0.05) is 123 Å². The van der Waals surface area contributed by atoms with Gasteiger partial charge in [-0.2, -0.15) is 0 Å². The molecule has 3 heterocycles. The van der Waals surface area contributed by atoms with Gasteiger partial charge in [-0.25, -0.2) is 15.0 Å². The number of para-hydroxylation sites is 3. The van der Waals surface area contributed by atoms with Crippen molar-refractivity contribution in [2.45, 2.75) is 19.3 Å². The number of benzene rings is 6. The quantitative estimate of drug-likeness (QED) is 0.191. The standard InChI is InChI=1S/C44H30N4S/c1-44(2)34-17-6-3-16-33(34)41-39(44)40(46-42(47-41)27-22-24-28(25-23-27)43-45-35-18-7-10-21-38(35)49-43)29-12-11-13-30(26-29)48-36-19-8-4-14-31(36)32-15-5-9-20-37(32)48/h3-26H,1-2H3. The molecule has 0 radical (unpaired) electrons. The zero-order valence-electron chi connectivity index (χ0n) is 27.1. The van der Waals surface area contributed by atoms with Crippen molar-refractivity contribution in [3.8, 4) is 50.2 Å². The van der Waals surface area contributed by atoms with Crippen molar-refractivity contribution < 1.29 is 0 Å². The number of rotatable bonds is 4. The van der Waals surface area contributed by atoms with Gasteiger partial charge in [0.2, 0.25) is 0 Å². The van der Waals surface area contributed by atoms with Crippen LogP contribution in [0.4, 0.5) is 0 Å². The van der Waals surface area contributed by atoms with Gasteiger partial charge in [0.25, 0.3) is 0 Å². The van der Waals surface area contributed by atoms with Crippen molar-refractivity contribution >= 4 is 43.4 Å². The van der Waals surface area contributed by atoms with Gasteiger partial charge in [0.15, 0.2) is 5.82 Å². The predicted molar refractivity (Wildman–Crippen MR) is 203 cm³/mol. The number of nitrogens with zero attached hydrogens (tertiary/aromatic N) is 4. The molecule has 9 aromatic rings. The molecule has 4 nitrogen and oxygen atoms in total. The van der Waals surface area contributed by atoms with Gasteiger partial charge in [0.05, 0.1) is 32.6 Å². The van der Waals surface area contributed by atoms with Crippen LogP contribution in [0, 0.1) is 0 Å². The summed E-state index contributed by atoms with van der Waals surface area (Å²) in [6.07, 6.45) is 0. The summed E-state index contributed by atoms with van der Waals surface area (Å²) in [5, 5.41) is 3.51. The van der Waals surface area contributed by atoms with Crippen molar-refractivity contribution in [2.75, 3.05) is 0 Å². The Bertz CT molecular complexity index is 2660. The van der Waals surface area contributed by atoms with E-state index in [1.807, 2.05) is 6.07 Å². The molecular weight excluding hydrogens is 617 g/mol. The highest BCUT2D eigenvalue weighted by Crippen LogP contribution is 2.51. The Morgan fingerprint density at radius 1 is 0.551 bits per heavy atom. The van der Waals surface area contributed by atoms with Crippen LogP contribution in [-0.4, -0.2) is 19.5 Å². The van der Waals surface area contributed by atoms with E-state index in [2.05, 4.69) is 158 Å². The van der Waals surface area contributed by atoms with Crippen molar-refractivity contribution in [1.29, 1.82) is 0 Å². The molecule has 10 rings (SSSR count). The van der Waals surface area contributed by atoms with Crippen LogP contribution < -0.4 is 0 Å². The smallest absolute Gasteiger partial charge is 0.160 e. The second kappa shape index (κ2) is 10.5. The lowest BCUT2D eigenvalue weighted by molar-refractivity contribution is 0.658. The number of hydrogen-bond acceptors (Lipinski definition) is 4. The van der Waals surface area contributed by atoms with Crippen LogP contribution in [0.1, 0.15) is 25.0 Å². The fourth-order valence-electron chi connectivity index (χ4n) is 7.71. The van der Waals surface area contributed by atoms with E-state index >= 15 is 0 Å². The molecule has 0 unspecified atom stereocenters. The first-order chi connectivity index (χ1) is 24.0. The maximum atomic E-state index is 5.41. The van der Waals surface area contributed by atoms with E-state index < -0.39 is 0 Å². The molecular formula is C44H30N4S. The van der Waals surface area contributed by atoms with Gasteiger partial charge in [0.1, 0.15) is 5.01 Å². The zero-order valence-corrected chi connectivity index (χ0v) is 27.9. The first-order valence-corrected chi connectivity index (χ1v) is 17.4. The molecule has 0 spiro atoms. The summed E-state index contributed by atoms with van der Waals surface area (Å²) in [6.45, 7) is 4.60. The predicted octanol–water partition coefficient (Wildman–Crippen LogP) is 11.5. The van der Waals surface area contributed by atoms with Crippen molar-refractivity contribution in [3.05, 3.63) is 157 Å². The van der Waals surface area contributed by atoms with Crippen LogP contribution >= 0.6 is 11.3 Å². The van der Waals surface area contributed by atoms with Crippen LogP contribution in [0.3, 0.4) is 0 Å². The number of fused-ring (bicyclic) bond motifs is 7. The average Bonchev–Trinajstić information content (AvgIpc) is 3.80. The number of hydrogen-bond donors (Lipinski definition) is 0. The molecule has 0 amide bonds. The van der Waals surface area contributed by atoms with Crippen LogP contribution in [0.25, 0.3) is 82.2 Å². The van der Waals surface area contributed by atoms with E-state index in [-0.39, 0.29) is 5.41 Å². The summed E-state index contributed by atoms with van der Waals surface area (Å²) in [4.78, 5) is 15.6. The molecule has 0 N–H and O–H groups in total. The fraction of sp³-hybridized carbons (Fsp3) is 0.0682. The summed E-state index contributed by atoms with van der Waals surface area (Å²) < 4.78 is 3.56. The van der Waals surface area contributed by atoms with Gasteiger partial charge in [-0.15, -0.1) is 11.3 Å². The summed E-state index contributed by atoms with van der Waals surface area (Å²) >= 11 is 1.72. The topological polar surface area (TPSA) is 43.6 Å². The molecule has 1 aliphatic rings. The normalized spacial score (nSPS) is 13.3. The molecule has 0 saturated carbocycles. The minimum Gasteiger partial charge on any atom is -0.309 e. The Morgan fingerprint density at radius 2 is 1.20 bits per heavy atom. The SMILES string of the molecule is CC1(C)c2ccccc2-c2nc(-c3ccc(-c4nc5ccccc5s4)cc3)nc(-c3cccc(-n4c5ccccc5c5ccccc54)c3)c21. The fourth-order valence-corrected chi connectivity index (χ4v) is 8.68. The van der Waals surface area contributed by atoms with E-state index in [1.54, 1.807) is 11.3 Å². The maximum absolute atomic E-state index is 5.41. The molecule has 5 heteroatoms. The molecule has 6 aromatic carbocycles. The van der Waals surface area contributed by atoms with Gasteiger partial charge in [-0.3, -0.25) is 0 Å². The lowest BCUT2D eigenvalue weighted by Gasteiger charge is -2.24. The minimum absolute atomic E-state index is 0.265. The third-order valence-corrected chi connectivity index (χ3v) is 11.1.